The van der Waals surface area contributed by atoms with Gasteiger partial charge in [0.15, 0.2) is 0 Å². The van der Waals surface area contributed by atoms with Crippen molar-refractivity contribution >= 4 is 134 Å². The lowest BCUT2D eigenvalue weighted by Crippen LogP contribution is -1.82. The second-order valence-electron chi connectivity index (χ2n) is 13.1. The van der Waals surface area contributed by atoms with Gasteiger partial charge in [-0.2, -0.15) is 17.5 Å². The Hall–Kier alpha value is -4.76. The van der Waals surface area contributed by atoms with Gasteiger partial charge in [-0.15, -0.1) is 68.0 Å². The first kappa shape index (κ1) is 33.4. The molecule has 0 bridgehead atoms. The summed E-state index contributed by atoms with van der Waals surface area (Å²) >= 11 is 13.5. The third kappa shape index (κ3) is 5.29. The van der Waals surface area contributed by atoms with Crippen molar-refractivity contribution in [1.82, 2.24) is 17.5 Å². The summed E-state index contributed by atoms with van der Waals surface area (Å²) in [6.45, 7) is 0. The van der Waals surface area contributed by atoms with Gasteiger partial charge in [-0.1, -0.05) is 72.8 Å². The molecule has 56 heavy (non-hydrogen) atoms. The topological polar surface area (TPSA) is 51.6 Å². The number of hydrogen-bond acceptors (Lipinski definition) is 12. The van der Waals surface area contributed by atoms with Gasteiger partial charge < -0.3 is 0 Å². The average Bonchev–Trinajstić information content (AvgIpc) is 4.08. The molecule has 266 valence electrons. The summed E-state index contributed by atoms with van der Waals surface area (Å²) in [5, 5.41) is 6.81. The zero-order valence-electron chi connectivity index (χ0n) is 28.8. The maximum absolute atomic E-state index is 4.81. The van der Waals surface area contributed by atoms with Gasteiger partial charge in [0, 0.05) is 82.8 Å². The van der Waals surface area contributed by atoms with Crippen LogP contribution >= 0.6 is 91.5 Å². The fourth-order valence-electron chi connectivity index (χ4n) is 7.54. The van der Waals surface area contributed by atoms with E-state index in [2.05, 4.69) is 132 Å². The predicted molar refractivity (Wildman–Crippen MR) is 249 cm³/mol. The van der Waals surface area contributed by atoms with E-state index in [1.165, 1.54) is 93.8 Å². The zero-order chi connectivity index (χ0) is 36.7. The van der Waals surface area contributed by atoms with Crippen LogP contribution in [0, 0.1) is 0 Å². The predicted octanol–water partition coefficient (Wildman–Crippen LogP) is 16.0. The first-order valence-corrected chi connectivity index (χ1v) is 24.1. The minimum absolute atomic E-state index is 0.970. The standard InChI is InChI=1S/C44H22N4S8/c1-3-9-31-23(7-1)37(43(53-31)35-19-17-33(51-35)27-15-13-25(29-11-5-21-49-29)39-41(27)47-55-45-39)38-24-8-2-4-10-32(24)54-44(38)36-20-18-34(52-36)28-16-14-26(30-12-6-22-50-30)40-42(28)48-56-46-40/h1-22H. The van der Waals surface area contributed by atoms with E-state index in [1.54, 1.807) is 22.7 Å². The molecule has 0 N–H and O–H groups in total. The number of aromatic nitrogens is 4. The highest BCUT2D eigenvalue weighted by Gasteiger charge is 2.26. The molecule has 0 unspecified atom stereocenters. The first-order chi connectivity index (χ1) is 27.8. The monoisotopic (exact) mass is 862 g/mol. The molecule has 0 atom stereocenters. The largest absolute Gasteiger partial charge is 0.172 e. The van der Waals surface area contributed by atoms with Crippen molar-refractivity contribution < 1.29 is 0 Å². The summed E-state index contributed by atoms with van der Waals surface area (Å²) in [5.41, 5.74) is 11.1. The summed E-state index contributed by atoms with van der Waals surface area (Å²) in [6.07, 6.45) is 0. The normalized spacial score (nSPS) is 11.9. The summed E-state index contributed by atoms with van der Waals surface area (Å²) in [5.74, 6) is 0. The number of hydrogen-bond donors (Lipinski definition) is 0. The van der Waals surface area contributed by atoms with Gasteiger partial charge in [0.2, 0.25) is 0 Å². The van der Waals surface area contributed by atoms with Crippen LogP contribution in [0.5, 0.6) is 0 Å². The molecule has 0 spiro atoms. The van der Waals surface area contributed by atoms with Gasteiger partial charge in [0.25, 0.3) is 0 Å². The highest BCUT2D eigenvalue weighted by molar-refractivity contribution is 7.29. The zero-order valence-corrected chi connectivity index (χ0v) is 35.3. The van der Waals surface area contributed by atoms with Crippen molar-refractivity contribution in [3.8, 4) is 72.4 Å². The fraction of sp³-hybridized carbons (Fsp3) is 0. The van der Waals surface area contributed by atoms with Crippen molar-refractivity contribution in [2.75, 3.05) is 0 Å². The Balaban J connectivity index is 1.01. The molecule has 12 aromatic rings. The van der Waals surface area contributed by atoms with E-state index in [0.717, 1.165) is 44.3 Å². The summed E-state index contributed by atoms with van der Waals surface area (Å²) in [6, 6.07) is 44.3. The number of benzene rings is 4. The highest BCUT2D eigenvalue weighted by atomic mass is 32.1. The van der Waals surface area contributed by atoms with Gasteiger partial charge in [-0.25, -0.2) is 0 Å². The molecule has 0 aliphatic carbocycles. The Morgan fingerprint density at radius 1 is 0.321 bits per heavy atom. The summed E-state index contributed by atoms with van der Waals surface area (Å²) in [7, 11) is 0. The van der Waals surface area contributed by atoms with Crippen molar-refractivity contribution in [1.29, 1.82) is 0 Å². The fourth-order valence-corrected chi connectivity index (χ4v) is 14.9. The van der Waals surface area contributed by atoms with Crippen LogP contribution in [0.1, 0.15) is 0 Å². The molecule has 8 heterocycles. The smallest absolute Gasteiger partial charge is 0.114 e. The van der Waals surface area contributed by atoms with E-state index >= 15 is 0 Å². The van der Waals surface area contributed by atoms with E-state index < -0.39 is 0 Å². The minimum Gasteiger partial charge on any atom is -0.172 e. The van der Waals surface area contributed by atoms with E-state index in [1.807, 2.05) is 45.3 Å². The van der Waals surface area contributed by atoms with E-state index in [0.29, 0.717) is 0 Å². The SMILES string of the molecule is c1csc(-c2ccc(-c3ccc(-c4sc5ccccc5c4-c4c(-c5ccc(-c6ccc(-c7cccs7)c7nsnc67)s5)sc5ccccc45)s3)c3nsnc23)c1. The van der Waals surface area contributed by atoms with Crippen LogP contribution in [0.4, 0.5) is 0 Å². The Bertz CT molecular complexity index is 3160. The van der Waals surface area contributed by atoms with Crippen LogP contribution in [0.2, 0.25) is 0 Å². The lowest BCUT2D eigenvalue weighted by Gasteiger charge is -2.07. The Morgan fingerprint density at radius 2 is 0.714 bits per heavy atom. The molecule has 0 aliphatic heterocycles. The van der Waals surface area contributed by atoms with Crippen LogP contribution in [0.3, 0.4) is 0 Å². The lowest BCUT2D eigenvalue weighted by molar-refractivity contribution is 1.63. The van der Waals surface area contributed by atoms with Gasteiger partial charge in [-0.3, -0.25) is 0 Å². The second-order valence-corrected chi connectivity index (χ2v) is 20.4. The second kappa shape index (κ2) is 13.4. The van der Waals surface area contributed by atoms with E-state index in [-0.39, 0.29) is 0 Å². The van der Waals surface area contributed by atoms with Gasteiger partial charge in [-0.05, 0) is 59.3 Å². The lowest BCUT2D eigenvalue weighted by atomic mass is 9.97. The molecule has 0 radical (unpaired) electrons. The van der Waals surface area contributed by atoms with Gasteiger partial charge >= 0.3 is 0 Å². The molecular weight excluding hydrogens is 841 g/mol. The maximum Gasteiger partial charge on any atom is 0.114 e. The van der Waals surface area contributed by atoms with Gasteiger partial charge in [0.05, 0.1) is 33.2 Å². The third-order valence-electron chi connectivity index (χ3n) is 10.0. The van der Waals surface area contributed by atoms with Crippen LogP contribution in [-0.2, 0) is 0 Å². The molecular formula is C44H22N4S8. The Morgan fingerprint density at radius 3 is 1.12 bits per heavy atom. The van der Waals surface area contributed by atoms with Crippen LogP contribution < -0.4 is 0 Å². The average molecular weight is 863 g/mol. The van der Waals surface area contributed by atoms with Crippen molar-refractivity contribution in [2.45, 2.75) is 0 Å². The van der Waals surface area contributed by atoms with E-state index in [4.69, 9.17) is 17.5 Å². The molecule has 12 heteroatoms. The van der Waals surface area contributed by atoms with Crippen LogP contribution in [-0.4, -0.2) is 17.5 Å². The molecule has 0 saturated heterocycles. The quantitative estimate of drug-likeness (QED) is 0.160. The van der Waals surface area contributed by atoms with Crippen LogP contribution in [0.25, 0.3) is 115 Å². The van der Waals surface area contributed by atoms with Crippen molar-refractivity contribution in [3.05, 3.63) is 132 Å². The van der Waals surface area contributed by atoms with Gasteiger partial charge in [0.1, 0.15) is 22.1 Å². The molecule has 4 aromatic carbocycles. The van der Waals surface area contributed by atoms with Crippen molar-refractivity contribution in [2.24, 2.45) is 0 Å². The number of rotatable bonds is 7. The summed E-state index contributed by atoms with van der Waals surface area (Å²) in [4.78, 5) is 9.94. The maximum atomic E-state index is 4.81. The van der Waals surface area contributed by atoms with E-state index in [9.17, 15) is 0 Å². The van der Waals surface area contributed by atoms with Crippen LogP contribution in [0.15, 0.2) is 132 Å². The number of thiophene rings is 6. The number of fused-ring (bicyclic) bond motifs is 4. The molecule has 0 aliphatic rings. The molecule has 0 saturated carbocycles. The Kier molecular flexibility index (Phi) is 8.01. The molecule has 8 aromatic heterocycles. The highest BCUT2D eigenvalue weighted by Crippen LogP contribution is 2.55. The summed E-state index contributed by atoms with van der Waals surface area (Å²) < 4.78 is 21.7. The minimum atomic E-state index is 0.970. The molecule has 0 fully saturated rings. The first-order valence-electron chi connectivity index (χ1n) is 17.6. The third-order valence-corrected chi connectivity index (χ3v) is 17.8. The molecule has 4 nitrogen and oxygen atoms in total. The Labute approximate surface area is 352 Å². The molecule has 0 amide bonds. The van der Waals surface area contributed by atoms with Crippen molar-refractivity contribution in [3.63, 3.8) is 0 Å². The molecule has 12 rings (SSSR count). The number of nitrogens with zero attached hydrogens (tertiary/aromatic N) is 4.